The Labute approximate surface area is 172 Å². The van der Waals surface area contributed by atoms with Crippen molar-refractivity contribution in [3.8, 4) is 5.75 Å². The van der Waals surface area contributed by atoms with Gasteiger partial charge in [0.25, 0.3) is 12.3 Å². The number of carbonyl (C=O) groups excluding carboxylic acids is 1. The van der Waals surface area contributed by atoms with Crippen LogP contribution in [0.4, 0.5) is 39.3 Å². The lowest BCUT2D eigenvalue weighted by atomic mass is 10.2. The lowest BCUT2D eigenvalue weighted by Crippen LogP contribution is -2.15. The number of anilines is 3. The topological polar surface area (TPSA) is 89.0 Å². The molecule has 0 unspecified atom stereocenters. The van der Waals surface area contributed by atoms with E-state index in [1.54, 1.807) is 0 Å². The molecule has 7 nitrogen and oxygen atoms in total. The van der Waals surface area contributed by atoms with Gasteiger partial charge in [-0.25, -0.2) is 18.7 Å². The summed E-state index contributed by atoms with van der Waals surface area (Å²) in [5.41, 5.74) is -0.683. The van der Waals surface area contributed by atoms with Gasteiger partial charge in [-0.2, -0.15) is 13.2 Å². The Morgan fingerprint density at radius 1 is 1.03 bits per heavy atom. The van der Waals surface area contributed by atoms with E-state index in [-0.39, 0.29) is 28.6 Å². The first-order valence-electron chi connectivity index (χ1n) is 8.65. The molecule has 3 heterocycles. The predicted molar refractivity (Wildman–Crippen MR) is 100 cm³/mol. The Morgan fingerprint density at radius 3 is 2.52 bits per heavy atom. The van der Waals surface area contributed by atoms with Gasteiger partial charge in [0.2, 0.25) is 0 Å². The fourth-order valence-corrected chi connectivity index (χ4v) is 2.36. The molecule has 0 aliphatic carbocycles. The average molecular weight is 439 g/mol. The van der Waals surface area contributed by atoms with Crippen LogP contribution in [0.25, 0.3) is 0 Å². The summed E-state index contributed by atoms with van der Waals surface area (Å²) in [6, 6.07) is 6.03. The second-order valence-corrected chi connectivity index (χ2v) is 6.01. The molecular formula is C19H14F5N5O2. The van der Waals surface area contributed by atoms with Crippen molar-refractivity contribution in [3.05, 3.63) is 66.2 Å². The second-order valence-electron chi connectivity index (χ2n) is 6.01. The van der Waals surface area contributed by atoms with Gasteiger partial charge in [0.15, 0.2) is 0 Å². The average Bonchev–Trinajstić information content (AvgIpc) is 2.73. The molecule has 0 fully saturated rings. The number of alkyl halides is 5. The molecule has 1 amide bonds. The lowest BCUT2D eigenvalue weighted by molar-refractivity contribution is -0.137. The third-order valence-corrected chi connectivity index (χ3v) is 3.76. The van der Waals surface area contributed by atoms with Crippen molar-refractivity contribution < 1.29 is 31.5 Å². The van der Waals surface area contributed by atoms with E-state index in [9.17, 15) is 26.7 Å². The molecule has 0 spiro atoms. The van der Waals surface area contributed by atoms with Crippen LogP contribution >= 0.6 is 0 Å². The van der Waals surface area contributed by atoms with E-state index in [0.717, 1.165) is 12.1 Å². The smallest absolute Gasteiger partial charge is 0.417 e. The molecule has 0 saturated heterocycles. The van der Waals surface area contributed by atoms with Gasteiger partial charge in [-0.05, 0) is 24.3 Å². The fourth-order valence-electron chi connectivity index (χ4n) is 2.36. The Kier molecular flexibility index (Phi) is 6.58. The Hall–Kier alpha value is -3.83. The minimum absolute atomic E-state index is 0.0185. The number of halogens is 5. The number of amides is 1. The summed E-state index contributed by atoms with van der Waals surface area (Å²) in [6.45, 7) is -0.851. The van der Waals surface area contributed by atoms with Crippen molar-refractivity contribution in [1.82, 2.24) is 15.0 Å². The van der Waals surface area contributed by atoms with E-state index in [2.05, 4.69) is 25.6 Å². The maximum atomic E-state index is 12.6. The number of carbonyl (C=O) groups is 1. The van der Waals surface area contributed by atoms with Gasteiger partial charge in [-0.1, -0.05) is 0 Å². The van der Waals surface area contributed by atoms with Gasteiger partial charge < -0.3 is 15.4 Å². The van der Waals surface area contributed by atoms with Gasteiger partial charge in [0, 0.05) is 30.2 Å². The van der Waals surface area contributed by atoms with Gasteiger partial charge in [0.1, 0.15) is 29.7 Å². The number of pyridine rings is 3. The van der Waals surface area contributed by atoms with Crippen LogP contribution < -0.4 is 15.4 Å². The van der Waals surface area contributed by atoms with E-state index < -0.39 is 30.7 Å². The maximum Gasteiger partial charge on any atom is 0.417 e. The number of nitrogens with one attached hydrogen (secondary N) is 2. The van der Waals surface area contributed by atoms with E-state index in [1.165, 1.54) is 36.8 Å². The van der Waals surface area contributed by atoms with Crippen molar-refractivity contribution in [2.75, 3.05) is 17.2 Å². The van der Waals surface area contributed by atoms with Crippen LogP contribution in [0.15, 0.2) is 55.1 Å². The highest BCUT2D eigenvalue weighted by Gasteiger charge is 2.30. The largest absolute Gasteiger partial charge is 0.485 e. The van der Waals surface area contributed by atoms with Crippen molar-refractivity contribution in [3.63, 3.8) is 0 Å². The van der Waals surface area contributed by atoms with Crippen LogP contribution in [0.5, 0.6) is 5.75 Å². The predicted octanol–water partition coefficient (Wildman–Crippen LogP) is 4.53. The Morgan fingerprint density at radius 2 is 1.84 bits per heavy atom. The molecule has 3 rings (SSSR count). The Bertz CT molecular complexity index is 1040. The molecule has 0 saturated carbocycles. The highest BCUT2D eigenvalue weighted by atomic mass is 19.4. The molecule has 0 aliphatic heterocycles. The van der Waals surface area contributed by atoms with Crippen molar-refractivity contribution in [2.24, 2.45) is 0 Å². The first kappa shape index (κ1) is 21.9. The van der Waals surface area contributed by atoms with Crippen LogP contribution in [0.3, 0.4) is 0 Å². The summed E-state index contributed by atoms with van der Waals surface area (Å²) in [4.78, 5) is 24.0. The molecule has 2 N–H and O–H groups in total. The molecule has 0 atom stereocenters. The number of rotatable bonds is 7. The molecule has 3 aromatic heterocycles. The van der Waals surface area contributed by atoms with Gasteiger partial charge in [-0.15, -0.1) is 0 Å². The third-order valence-electron chi connectivity index (χ3n) is 3.76. The highest BCUT2D eigenvalue weighted by molar-refractivity contribution is 6.05. The minimum atomic E-state index is -4.51. The van der Waals surface area contributed by atoms with Crippen LogP contribution in [-0.2, 0) is 6.18 Å². The van der Waals surface area contributed by atoms with Gasteiger partial charge in [0.05, 0.1) is 11.8 Å². The zero-order valence-electron chi connectivity index (χ0n) is 15.5. The van der Waals surface area contributed by atoms with Crippen LogP contribution in [0.2, 0.25) is 0 Å². The maximum absolute atomic E-state index is 12.6. The number of nitrogens with zero attached hydrogens (tertiary/aromatic N) is 3. The minimum Gasteiger partial charge on any atom is -0.485 e. The lowest BCUT2D eigenvalue weighted by Gasteiger charge is -2.12. The SMILES string of the molecule is O=C(Nc1cnccc1OCC(F)F)c1ccnc(Nc2ccc(C(F)(F)F)cn2)c1. The molecule has 162 valence electrons. The molecule has 0 bridgehead atoms. The molecule has 0 radical (unpaired) electrons. The van der Waals surface area contributed by atoms with Gasteiger partial charge >= 0.3 is 6.18 Å². The molecule has 12 heteroatoms. The monoisotopic (exact) mass is 439 g/mol. The fraction of sp³-hybridized carbons (Fsp3) is 0.158. The molecular weight excluding hydrogens is 425 g/mol. The van der Waals surface area contributed by atoms with E-state index in [4.69, 9.17) is 4.74 Å². The second kappa shape index (κ2) is 9.32. The van der Waals surface area contributed by atoms with Crippen LogP contribution in [-0.4, -0.2) is 33.9 Å². The third kappa shape index (κ3) is 6.07. The number of ether oxygens (including phenoxy) is 1. The number of hydrogen-bond acceptors (Lipinski definition) is 6. The van der Waals surface area contributed by atoms with Crippen molar-refractivity contribution >= 4 is 23.2 Å². The van der Waals surface area contributed by atoms with Gasteiger partial charge in [-0.3, -0.25) is 9.78 Å². The molecule has 0 aliphatic rings. The van der Waals surface area contributed by atoms with E-state index in [0.29, 0.717) is 6.20 Å². The summed E-state index contributed by atoms with van der Waals surface area (Å²) in [5.74, 6) is -0.348. The standard InChI is InChI=1S/C19H14F5N5O2/c20-15(21)10-31-14-4-5-25-9-13(14)28-18(30)11-3-6-26-17(7-11)29-16-2-1-12(8-27-16)19(22,23)24/h1-9,15H,10H2,(H,28,30)(H,26,27,29). The van der Waals surface area contributed by atoms with Crippen molar-refractivity contribution in [1.29, 1.82) is 0 Å². The zero-order valence-corrected chi connectivity index (χ0v) is 15.5. The first-order valence-corrected chi connectivity index (χ1v) is 8.65. The summed E-state index contributed by atoms with van der Waals surface area (Å²) in [7, 11) is 0. The summed E-state index contributed by atoms with van der Waals surface area (Å²) >= 11 is 0. The molecule has 3 aromatic rings. The quantitative estimate of drug-likeness (QED) is 0.526. The summed E-state index contributed by atoms with van der Waals surface area (Å²) < 4.78 is 67.6. The van der Waals surface area contributed by atoms with E-state index in [1.807, 2.05) is 0 Å². The summed E-state index contributed by atoms with van der Waals surface area (Å²) in [6.07, 6.45) is -2.66. The van der Waals surface area contributed by atoms with Crippen molar-refractivity contribution in [2.45, 2.75) is 12.6 Å². The van der Waals surface area contributed by atoms with Crippen LogP contribution in [0.1, 0.15) is 15.9 Å². The van der Waals surface area contributed by atoms with E-state index >= 15 is 0 Å². The van der Waals surface area contributed by atoms with Crippen LogP contribution in [0, 0.1) is 0 Å². The normalized spacial score (nSPS) is 11.3. The first-order chi connectivity index (χ1) is 14.7. The zero-order chi connectivity index (χ0) is 22.4. The Balaban J connectivity index is 1.71. The highest BCUT2D eigenvalue weighted by Crippen LogP contribution is 2.29. The number of hydrogen-bond donors (Lipinski definition) is 2. The summed E-state index contributed by atoms with van der Waals surface area (Å²) in [5, 5.41) is 5.19. The molecule has 0 aromatic carbocycles. The molecule has 31 heavy (non-hydrogen) atoms. The number of aromatic nitrogens is 3.